The minimum Gasteiger partial charge on any atom is -0.454 e. The molecule has 43 heavy (non-hydrogen) atoms. The van der Waals surface area contributed by atoms with Crippen molar-refractivity contribution in [3.63, 3.8) is 0 Å². The van der Waals surface area contributed by atoms with Crippen LogP contribution in [0.4, 0.5) is 0 Å². The molecule has 214 valence electrons. The largest absolute Gasteiger partial charge is 0.454 e. The van der Waals surface area contributed by atoms with Crippen LogP contribution < -0.4 is 0 Å². The highest BCUT2D eigenvalue weighted by Crippen LogP contribution is 2.48. The Morgan fingerprint density at radius 1 is 0.605 bits per heavy atom. The smallest absolute Gasteiger partial charge is 0.161 e. The van der Waals surface area contributed by atoms with Crippen molar-refractivity contribution in [1.82, 2.24) is 4.57 Å². The van der Waals surface area contributed by atoms with Gasteiger partial charge in [0, 0.05) is 47.4 Å². The number of rotatable bonds is 4. The predicted octanol–water partition coefficient (Wildman–Crippen LogP) is 13.6. The summed E-state index contributed by atoms with van der Waals surface area (Å²) in [5.41, 5.74) is 6.92. The summed E-state index contributed by atoms with van der Waals surface area (Å²) in [6, 6.07) is 26.5. The second-order valence-electron chi connectivity index (χ2n) is 10.3. The lowest BCUT2D eigenvalue weighted by Crippen LogP contribution is -2.09. The molecule has 0 N–H and O–H groups in total. The van der Waals surface area contributed by atoms with Crippen LogP contribution >= 0.6 is 81.2 Å². The summed E-state index contributed by atoms with van der Waals surface area (Å²) in [5, 5.41) is 4.89. The van der Waals surface area contributed by atoms with E-state index in [9.17, 15) is 0 Å². The highest BCUT2D eigenvalue weighted by Gasteiger charge is 2.29. The van der Waals surface area contributed by atoms with Gasteiger partial charge in [-0.05, 0) is 84.3 Å². The number of hydrogen-bond acceptors (Lipinski definition) is 1. The Balaban J connectivity index is 1.53. The number of benzene rings is 5. The van der Waals surface area contributed by atoms with Crippen molar-refractivity contribution < 1.29 is 4.42 Å². The summed E-state index contributed by atoms with van der Waals surface area (Å²) >= 11 is 47.5. The van der Waals surface area contributed by atoms with Gasteiger partial charge in [-0.1, -0.05) is 105 Å². The minimum atomic E-state index is -0.540. The molecule has 2 aromatic heterocycles. The van der Waals surface area contributed by atoms with E-state index < -0.39 is 5.92 Å². The maximum atomic E-state index is 7.20. The number of aryl methyl sites for hydroxylation is 1. The molecule has 5 aromatic carbocycles. The first-order chi connectivity index (χ1) is 20.6. The third kappa shape index (κ3) is 4.80. The van der Waals surface area contributed by atoms with Crippen molar-refractivity contribution >= 4 is 114 Å². The number of furan rings is 1. The van der Waals surface area contributed by atoms with Gasteiger partial charge in [0.15, 0.2) is 5.58 Å². The Hall–Kier alpha value is -2.53. The first kappa shape index (κ1) is 29.2. The fourth-order valence-corrected chi connectivity index (χ4v) is 8.41. The third-order valence-electron chi connectivity index (χ3n) is 7.70. The summed E-state index contributed by atoms with van der Waals surface area (Å²) in [7, 11) is 0. The molecule has 0 radical (unpaired) electrons. The van der Waals surface area contributed by atoms with E-state index in [0.717, 1.165) is 49.7 Å². The van der Waals surface area contributed by atoms with Gasteiger partial charge < -0.3 is 8.98 Å². The van der Waals surface area contributed by atoms with Crippen molar-refractivity contribution in [3.8, 4) is 5.69 Å². The number of fused-ring (bicyclic) bond motifs is 5. The van der Waals surface area contributed by atoms with Crippen LogP contribution in [0.1, 0.15) is 28.2 Å². The van der Waals surface area contributed by atoms with Crippen LogP contribution in [0.2, 0.25) is 35.2 Å². The van der Waals surface area contributed by atoms with E-state index in [1.54, 1.807) is 18.2 Å². The number of aromatic nitrogens is 1. The second-order valence-corrected chi connectivity index (χ2v) is 13.2. The molecule has 9 heteroatoms. The lowest BCUT2D eigenvalue weighted by atomic mass is 9.82. The van der Waals surface area contributed by atoms with Gasteiger partial charge in [0.25, 0.3) is 0 Å². The van der Waals surface area contributed by atoms with Crippen molar-refractivity contribution in [2.24, 2.45) is 0 Å². The van der Waals surface area contributed by atoms with Crippen LogP contribution in [0.5, 0.6) is 0 Å². The van der Waals surface area contributed by atoms with E-state index in [1.807, 2.05) is 73.7 Å². The molecule has 0 aliphatic rings. The Morgan fingerprint density at radius 2 is 1.16 bits per heavy atom. The first-order valence-corrected chi connectivity index (χ1v) is 15.8. The minimum absolute atomic E-state index is 0.382. The highest BCUT2D eigenvalue weighted by molar-refractivity contribution is 6.40. The molecule has 7 rings (SSSR count). The maximum absolute atomic E-state index is 7.20. The quantitative estimate of drug-likeness (QED) is 0.167. The summed E-state index contributed by atoms with van der Waals surface area (Å²) in [6.45, 7) is 1.93. The maximum Gasteiger partial charge on any atom is 0.161 e. The normalized spacial score (nSPS) is 12.6. The first-order valence-electron chi connectivity index (χ1n) is 13.1. The summed E-state index contributed by atoms with van der Waals surface area (Å²) in [4.78, 5) is 0. The van der Waals surface area contributed by atoms with Crippen LogP contribution in [0, 0.1) is 6.92 Å². The average molecular weight is 705 g/mol. The third-order valence-corrected chi connectivity index (χ3v) is 9.65. The Labute approximate surface area is 282 Å². The average Bonchev–Trinajstić information content (AvgIpc) is 3.46. The van der Waals surface area contributed by atoms with Crippen LogP contribution in [0.3, 0.4) is 0 Å². The van der Waals surface area contributed by atoms with E-state index >= 15 is 0 Å². The van der Waals surface area contributed by atoms with E-state index in [2.05, 4.69) is 4.57 Å². The van der Waals surface area contributed by atoms with Gasteiger partial charge in [0.2, 0.25) is 0 Å². The molecule has 1 atom stereocenters. The van der Waals surface area contributed by atoms with Crippen molar-refractivity contribution in [1.29, 1.82) is 0 Å². The summed E-state index contributed by atoms with van der Waals surface area (Å²) in [5.74, 6) is -0.540. The van der Waals surface area contributed by atoms with E-state index in [-0.39, 0.29) is 0 Å². The number of nitrogens with zero attached hydrogens (tertiary/aromatic N) is 1. The standard InChI is InChI=1S/C34H18Cl7NO/c1-16-10-18(35)13-22(37)29(16)30(31-23(38)14-19(36)15-24(31)39)17-11-25(40)33(26(41)12-17)42-27-8-4-2-6-20(27)34-32(42)21-7-3-5-9-28(21)43-34/h2-15,30H,1H3. The van der Waals surface area contributed by atoms with Gasteiger partial charge in [-0.15, -0.1) is 0 Å². The Morgan fingerprint density at radius 3 is 1.81 bits per heavy atom. The van der Waals surface area contributed by atoms with Gasteiger partial charge in [0.05, 0.1) is 21.2 Å². The molecular weight excluding hydrogens is 687 g/mol. The molecule has 0 bridgehead atoms. The molecule has 0 amide bonds. The van der Waals surface area contributed by atoms with Gasteiger partial charge in [-0.25, -0.2) is 0 Å². The predicted molar refractivity (Wildman–Crippen MR) is 184 cm³/mol. The zero-order chi connectivity index (χ0) is 30.2. The molecule has 2 nitrogen and oxygen atoms in total. The zero-order valence-corrected chi connectivity index (χ0v) is 27.5. The Kier molecular flexibility index (Phi) is 7.55. The fourth-order valence-electron chi connectivity index (χ4n) is 6.00. The number of halogens is 7. The molecule has 0 spiro atoms. The number of hydrogen-bond donors (Lipinski definition) is 0. The lowest BCUT2D eigenvalue weighted by Gasteiger charge is -2.26. The molecule has 0 saturated carbocycles. The number of para-hydroxylation sites is 2. The van der Waals surface area contributed by atoms with Crippen molar-refractivity contribution in [3.05, 3.63) is 142 Å². The summed E-state index contributed by atoms with van der Waals surface area (Å²) in [6.07, 6.45) is 0. The van der Waals surface area contributed by atoms with Gasteiger partial charge >= 0.3 is 0 Å². The molecule has 2 heterocycles. The van der Waals surface area contributed by atoms with Crippen LogP contribution in [-0.4, -0.2) is 4.57 Å². The molecular formula is C34H18Cl7NO. The SMILES string of the molecule is Cc1cc(Cl)cc(Cl)c1C(c1cc(Cl)c(-n2c3ccccc3c3oc4ccccc4c32)c(Cl)c1)c1c(Cl)cc(Cl)cc1Cl. The van der Waals surface area contributed by atoms with Crippen molar-refractivity contribution in [2.75, 3.05) is 0 Å². The fraction of sp³-hybridized carbons (Fsp3) is 0.0588. The lowest BCUT2D eigenvalue weighted by molar-refractivity contribution is 0.673. The van der Waals surface area contributed by atoms with E-state index in [1.165, 1.54) is 0 Å². The topological polar surface area (TPSA) is 18.1 Å². The van der Waals surface area contributed by atoms with Crippen LogP contribution in [0.15, 0.2) is 89.3 Å². The van der Waals surface area contributed by atoms with Crippen LogP contribution in [-0.2, 0) is 0 Å². The molecule has 7 aromatic rings. The second kappa shape index (κ2) is 11.1. The van der Waals surface area contributed by atoms with Gasteiger partial charge in [-0.2, -0.15) is 0 Å². The monoisotopic (exact) mass is 701 g/mol. The summed E-state index contributed by atoms with van der Waals surface area (Å²) < 4.78 is 8.38. The Bertz CT molecular complexity index is 2120. The van der Waals surface area contributed by atoms with Crippen LogP contribution in [0.25, 0.3) is 38.7 Å². The van der Waals surface area contributed by atoms with Gasteiger partial charge in [0.1, 0.15) is 11.1 Å². The molecule has 0 fully saturated rings. The molecule has 0 aliphatic carbocycles. The molecule has 0 aliphatic heterocycles. The van der Waals surface area contributed by atoms with Crippen molar-refractivity contribution in [2.45, 2.75) is 12.8 Å². The van der Waals surface area contributed by atoms with E-state index in [4.69, 9.17) is 85.6 Å². The molecule has 0 saturated heterocycles. The molecule has 1 unspecified atom stereocenters. The zero-order valence-electron chi connectivity index (χ0n) is 22.2. The van der Waals surface area contributed by atoms with E-state index in [0.29, 0.717) is 46.4 Å². The van der Waals surface area contributed by atoms with Gasteiger partial charge in [-0.3, -0.25) is 0 Å². The highest BCUT2D eigenvalue weighted by atomic mass is 35.5.